The standard InChI is InChI=1S/C30H20BrClF3N3O6S/c1-2-43-28(40)23-24(18-8-10-19(32)11-9-18)37-27(39)22(45-29(37)36-26(23)30(33,34)35)14-17-12-20(31)25(21(13-17)38(41)42)44-15-16-6-4-3-5-7-16/h3-14,24H,2,15H2,1H3/b22-14-/t24-/m1/s1. The minimum atomic E-state index is -5.07. The van der Waals surface area contributed by atoms with Crippen molar-refractivity contribution in [2.45, 2.75) is 25.7 Å². The number of hydrogen-bond donors (Lipinski definition) is 0. The molecule has 45 heavy (non-hydrogen) atoms. The fourth-order valence-corrected chi connectivity index (χ4v) is 6.35. The van der Waals surface area contributed by atoms with Crippen molar-refractivity contribution in [3.63, 3.8) is 0 Å². The molecule has 0 saturated carbocycles. The van der Waals surface area contributed by atoms with Crippen LogP contribution in [0.15, 0.2) is 92.3 Å². The first-order valence-electron chi connectivity index (χ1n) is 13.1. The van der Waals surface area contributed by atoms with Gasteiger partial charge in [-0.15, -0.1) is 0 Å². The number of halogens is 5. The number of aromatic nitrogens is 1. The van der Waals surface area contributed by atoms with Gasteiger partial charge in [0.25, 0.3) is 5.56 Å². The van der Waals surface area contributed by atoms with Gasteiger partial charge in [-0.25, -0.2) is 9.79 Å². The Bertz CT molecular complexity index is 2010. The highest BCUT2D eigenvalue weighted by Crippen LogP contribution is 2.39. The predicted molar refractivity (Wildman–Crippen MR) is 164 cm³/mol. The number of hydrogen-bond acceptors (Lipinski definition) is 8. The van der Waals surface area contributed by atoms with Crippen molar-refractivity contribution in [3.05, 3.63) is 134 Å². The molecule has 0 radical (unpaired) electrons. The third kappa shape index (κ3) is 6.72. The molecular formula is C30H20BrClF3N3O6S. The monoisotopic (exact) mass is 721 g/mol. The number of nitro benzene ring substituents is 1. The van der Waals surface area contributed by atoms with Crippen molar-refractivity contribution in [1.82, 2.24) is 4.57 Å². The molecule has 2 heterocycles. The number of nitrogens with zero attached hydrogens (tertiary/aromatic N) is 3. The van der Waals surface area contributed by atoms with Gasteiger partial charge in [0.05, 0.1) is 32.2 Å². The number of carbonyl (C=O) groups is 1. The van der Waals surface area contributed by atoms with Crippen molar-refractivity contribution < 1.29 is 32.4 Å². The molecule has 1 atom stereocenters. The van der Waals surface area contributed by atoms with Gasteiger partial charge in [-0.3, -0.25) is 19.5 Å². The van der Waals surface area contributed by atoms with Gasteiger partial charge in [-0.1, -0.05) is 65.4 Å². The third-order valence-electron chi connectivity index (χ3n) is 6.55. The summed E-state index contributed by atoms with van der Waals surface area (Å²) in [5.74, 6) is -1.33. The summed E-state index contributed by atoms with van der Waals surface area (Å²) in [6.07, 6.45) is -3.77. The Morgan fingerprint density at radius 1 is 1.18 bits per heavy atom. The number of nitro groups is 1. The largest absolute Gasteiger partial charge is 0.481 e. The van der Waals surface area contributed by atoms with Gasteiger partial charge in [0.2, 0.25) is 5.75 Å². The Hall–Kier alpha value is -4.27. The number of alkyl halides is 3. The van der Waals surface area contributed by atoms with Crippen molar-refractivity contribution in [2.75, 3.05) is 6.61 Å². The molecule has 0 N–H and O–H groups in total. The summed E-state index contributed by atoms with van der Waals surface area (Å²) in [5, 5.41) is 12.3. The lowest BCUT2D eigenvalue weighted by Gasteiger charge is -2.26. The van der Waals surface area contributed by atoms with Crippen LogP contribution in [0.4, 0.5) is 18.9 Å². The summed E-state index contributed by atoms with van der Waals surface area (Å²) >= 11 is 9.94. The van der Waals surface area contributed by atoms with Gasteiger partial charge in [-0.2, -0.15) is 13.2 Å². The van der Waals surface area contributed by atoms with E-state index < -0.39 is 45.6 Å². The first kappa shape index (κ1) is 32.1. The summed E-state index contributed by atoms with van der Waals surface area (Å²) in [4.78, 5) is 41.5. The fourth-order valence-electron chi connectivity index (χ4n) is 4.64. The van der Waals surface area contributed by atoms with Crippen LogP contribution in [0.5, 0.6) is 5.75 Å². The maximum absolute atomic E-state index is 14.3. The fraction of sp³-hybridized carbons (Fsp3) is 0.167. The lowest BCUT2D eigenvalue weighted by Crippen LogP contribution is -2.41. The van der Waals surface area contributed by atoms with E-state index in [1.54, 1.807) is 24.3 Å². The molecule has 0 spiro atoms. The van der Waals surface area contributed by atoms with Crippen LogP contribution < -0.4 is 19.6 Å². The highest BCUT2D eigenvalue weighted by atomic mass is 79.9. The quantitative estimate of drug-likeness (QED) is 0.121. The molecule has 1 aromatic heterocycles. The molecule has 1 aliphatic rings. The second kappa shape index (κ2) is 13.0. The molecule has 1 aliphatic heterocycles. The molecule has 15 heteroatoms. The summed E-state index contributed by atoms with van der Waals surface area (Å²) in [6.45, 7) is 1.27. The van der Waals surface area contributed by atoms with Crippen molar-refractivity contribution in [2.24, 2.45) is 4.99 Å². The maximum Gasteiger partial charge on any atom is 0.434 e. The van der Waals surface area contributed by atoms with E-state index in [0.717, 1.165) is 10.1 Å². The predicted octanol–water partition coefficient (Wildman–Crippen LogP) is 6.24. The molecule has 232 valence electrons. The zero-order valence-electron chi connectivity index (χ0n) is 23.0. The smallest absolute Gasteiger partial charge is 0.434 e. The van der Waals surface area contributed by atoms with Crippen LogP contribution in [-0.4, -0.2) is 28.2 Å². The zero-order valence-corrected chi connectivity index (χ0v) is 26.2. The van der Waals surface area contributed by atoms with Crippen molar-refractivity contribution in [3.8, 4) is 5.75 Å². The first-order chi connectivity index (χ1) is 21.4. The molecule has 0 unspecified atom stereocenters. The van der Waals surface area contributed by atoms with E-state index in [0.29, 0.717) is 11.3 Å². The van der Waals surface area contributed by atoms with Gasteiger partial charge in [0.15, 0.2) is 10.5 Å². The molecule has 0 amide bonds. The number of esters is 1. The minimum absolute atomic E-state index is 0.0425. The number of benzene rings is 3. The number of carbonyl (C=O) groups excluding carboxylic acids is 1. The van der Waals surface area contributed by atoms with Gasteiger partial charge in [0.1, 0.15) is 6.61 Å². The second-order valence-corrected chi connectivity index (χ2v) is 11.8. The third-order valence-corrected chi connectivity index (χ3v) is 8.37. The molecule has 0 saturated heterocycles. The van der Waals surface area contributed by atoms with Gasteiger partial charge >= 0.3 is 17.8 Å². The van der Waals surface area contributed by atoms with Gasteiger partial charge < -0.3 is 9.47 Å². The van der Waals surface area contributed by atoms with Gasteiger partial charge in [-0.05, 0) is 63.8 Å². The van der Waals surface area contributed by atoms with E-state index in [9.17, 15) is 32.9 Å². The zero-order chi connectivity index (χ0) is 32.5. The number of ether oxygens (including phenoxy) is 2. The SMILES string of the molecule is CCOC(=O)C1=C(C(F)(F)F)N=c2s/c(=C\c3cc(Br)c(OCc4ccccc4)c([N+](=O)[O-])c3)c(=O)n2[C@@H]1c1ccc(Cl)cc1. The lowest BCUT2D eigenvalue weighted by molar-refractivity contribution is -0.386. The van der Waals surface area contributed by atoms with Crippen LogP contribution in [0.2, 0.25) is 5.02 Å². The number of thiazole rings is 1. The van der Waals surface area contributed by atoms with Crippen LogP contribution in [0.25, 0.3) is 6.08 Å². The Kier molecular flexibility index (Phi) is 9.28. The van der Waals surface area contributed by atoms with Crippen LogP contribution in [0.1, 0.15) is 29.7 Å². The maximum atomic E-state index is 14.3. The molecule has 5 rings (SSSR count). The molecule has 0 aliphatic carbocycles. The average molecular weight is 723 g/mol. The van der Waals surface area contributed by atoms with Crippen molar-refractivity contribution >= 4 is 56.6 Å². The molecule has 3 aromatic carbocycles. The summed E-state index contributed by atoms with van der Waals surface area (Å²) in [7, 11) is 0. The molecule has 9 nitrogen and oxygen atoms in total. The van der Waals surface area contributed by atoms with E-state index in [1.165, 1.54) is 49.4 Å². The summed E-state index contributed by atoms with van der Waals surface area (Å²) < 4.78 is 54.7. The number of fused-ring (bicyclic) bond motifs is 1. The molecular weight excluding hydrogens is 703 g/mol. The lowest BCUT2D eigenvalue weighted by atomic mass is 9.95. The van der Waals surface area contributed by atoms with Gasteiger partial charge in [0, 0.05) is 11.1 Å². The Balaban J connectivity index is 1.67. The number of allylic oxidation sites excluding steroid dienone is 1. The molecule has 0 fully saturated rings. The van der Waals surface area contributed by atoms with Crippen molar-refractivity contribution in [1.29, 1.82) is 0 Å². The highest BCUT2D eigenvalue weighted by molar-refractivity contribution is 9.10. The Morgan fingerprint density at radius 2 is 1.87 bits per heavy atom. The van der Waals surface area contributed by atoms with E-state index in [-0.39, 0.29) is 48.9 Å². The number of rotatable bonds is 8. The van der Waals surface area contributed by atoms with Crippen LogP contribution in [0.3, 0.4) is 0 Å². The highest BCUT2D eigenvalue weighted by Gasteiger charge is 2.45. The summed E-state index contributed by atoms with van der Waals surface area (Å²) in [5.41, 5.74) is -2.40. The van der Waals surface area contributed by atoms with E-state index in [1.807, 2.05) is 6.07 Å². The van der Waals surface area contributed by atoms with Crippen LogP contribution in [0, 0.1) is 10.1 Å². The Labute approximate surface area is 269 Å². The van der Waals surface area contributed by atoms with E-state index in [4.69, 9.17) is 21.1 Å². The van der Waals surface area contributed by atoms with E-state index in [2.05, 4.69) is 20.9 Å². The van der Waals surface area contributed by atoms with Crippen LogP contribution in [-0.2, 0) is 16.1 Å². The van der Waals surface area contributed by atoms with E-state index >= 15 is 0 Å². The van der Waals surface area contributed by atoms with Crippen LogP contribution >= 0.6 is 38.9 Å². The first-order valence-corrected chi connectivity index (χ1v) is 15.1. The normalized spacial score (nSPS) is 15.0. The second-order valence-electron chi connectivity index (χ2n) is 9.50. The molecule has 0 bridgehead atoms. The summed E-state index contributed by atoms with van der Waals surface area (Å²) in [6, 6.07) is 15.8. The molecule has 4 aromatic rings. The topological polar surface area (TPSA) is 113 Å². The Morgan fingerprint density at radius 3 is 2.49 bits per heavy atom. The minimum Gasteiger partial charge on any atom is -0.481 e. The average Bonchev–Trinajstić information content (AvgIpc) is 3.30.